The van der Waals surface area contributed by atoms with Crippen molar-refractivity contribution in [2.75, 3.05) is 29.4 Å². The molecule has 1 fully saturated rings. The molecule has 8 heteroatoms. The van der Waals surface area contributed by atoms with Crippen molar-refractivity contribution < 1.29 is 0 Å². The number of rotatable bonds is 2. The van der Waals surface area contributed by atoms with Gasteiger partial charge in [-0.25, -0.2) is 9.97 Å². The number of hydrogen-bond acceptors (Lipinski definition) is 7. The molecule has 4 aromatic rings. The Hall–Kier alpha value is -3.29. The van der Waals surface area contributed by atoms with E-state index < -0.39 is 0 Å². The number of hydrogen-bond donors (Lipinski definition) is 0. The summed E-state index contributed by atoms with van der Waals surface area (Å²) in [6.07, 6.45) is 3.28. The van der Waals surface area contributed by atoms with Crippen molar-refractivity contribution >= 4 is 28.2 Å². The lowest BCUT2D eigenvalue weighted by molar-refractivity contribution is 0.540. The average Bonchev–Trinajstić information content (AvgIpc) is 3.15. The van der Waals surface area contributed by atoms with Gasteiger partial charge in [0.1, 0.15) is 24.3 Å². The van der Waals surface area contributed by atoms with Gasteiger partial charge >= 0.3 is 0 Å². The van der Waals surface area contributed by atoms with Gasteiger partial charge in [0.25, 0.3) is 0 Å². The Balaban J connectivity index is 1.43. The highest BCUT2D eigenvalue weighted by molar-refractivity contribution is 5.89. The molecule has 1 atom stereocenters. The largest absolute Gasteiger partial charge is 0.352 e. The van der Waals surface area contributed by atoms with Crippen molar-refractivity contribution in [2.45, 2.75) is 13.0 Å². The van der Waals surface area contributed by atoms with Crippen molar-refractivity contribution in [3.8, 4) is 0 Å². The summed E-state index contributed by atoms with van der Waals surface area (Å²) in [4.78, 5) is 13.6. The van der Waals surface area contributed by atoms with Crippen molar-refractivity contribution in [3.63, 3.8) is 0 Å². The number of nitrogens with zero attached hydrogens (tertiary/aromatic N) is 8. The molecule has 5 rings (SSSR count). The Morgan fingerprint density at radius 1 is 1.04 bits per heavy atom. The Morgan fingerprint density at radius 3 is 2.88 bits per heavy atom. The number of aromatic nitrogens is 6. The summed E-state index contributed by atoms with van der Waals surface area (Å²) in [5.41, 5.74) is 1.74. The quantitative estimate of drug-likeness (QED) is 0.548. The van der Waals surface area contributed by atoms with Crippen LogP contribution in [0.3, 0.4) is 0 Å². The summed E-state index contributed by atoms with van der Waals surface area (Å²) in [6.45, 7) is 4.85. The van der Waals surface area contributed by atoms with E-state index in [4.69, 9.17) is 0 Å². The van der Waals surface area contributed by atoms with Crippen LogP contribution in [0.2, 0.25) is 0 Å². The van der Waals surface area contributed by atoms with E-state index in [1.54, 1.807) is 17.2 Å². The lowest BCUT2D eigenvalue weighted by atomic mass is 10.1. The molecular formula is C18H18N8. The maximum Gasteiger partial charge on any atom is 0.177 e. The van der Waals surface area contributed by atoms with Crippen molar-refractivity contribution in [2.24, 2.45) is 0 Å². The highest BCUT2D eigenvalue weighted by atomic mass is 15.4. The Kier molecular flexibility index (Phi) is 3.41. The average molecular weight is 346 g/mol. The first-order valence-electron chi connectivity index (χ1n) is 8.68. The van der Waals surface area contributed by atoms with E-state index in [2.05, 4.69) is 48.1 Å². The highest BCUT2D eigenvalue weighted by Crippen LogP contribution is 2.26. The summed E-state index contributed by atoms with van der Waals surface area (Å²) in [5, 5.41) is 13.6. The third kappa shape index (κ3) is 2.42. The van der Waals surface area contributed by atoms with Gasteiger partial charge in [-0.2, -0.15) is 4.52 Å². The van der Waals surface area contributed by atoms with Crippen LogP contribution in [0.15, 0.2) is 49.1 Å². The van der Waals surface area contributed by atoms with Crippen LogP contribution in [0, 0.1) is 0 Å². The van der Waals surface area contributed by atoms with Gasteiger partial charge in [-0.15, -0.1) is 15.3 Å². The normalized spacial score (nSPS) is 18.0. The summed E-state index contributed by atoms with van der Waals surface area (Å²) in [6, 6.07) is 12.4. The monoisotopic (exact) mass is 346 g/mol. The van der Waals surface area contributed by atoms with E-state index >= 15 is 0 Å². The van der Waals surface area contributed by atoms with E-state index in [0.29, 0.717) is 6.04 Å². The lowest BCUT2D eigenvalue weighted by Crippen LogP contribution is -2.52. The number of piperazine rings is 1. The first-order valence-corrected chi connectivity index (χ1v) is 8.68. The number of benzene rings is 1. The first-order chi connectivity index (χ1) is 12.8. The molecule has 0 bridgehead atoms. The zero-order valence-electron chi connectivity index (χ0n) is 14.4. The van der Waals surface area contributed by atoms with E-state index in [-0.39, 0.29) is 0 Å². The zero-order chi connectivity index (χ0) is 17.5. The maximum atomic E-state index is 4.63. The molecular weight excluding hydrogens is 328 g/mol. The summed E-state index contributed by atoms with van der Waals surface area (Å²) >= 11 is 0. The molecule has 1 aliphatic heterocycles. The second-order valence-corrected chi connectivity index (χ2v) is 6.53. The molecule has 1 aromatic carbocycles. The van der Waals surface area contributed by atoms with Crippen LogP contribution in [0.4, 0.5) is 11.6 Å². The molecule has 0 N–H and O–H groups in total. The van der Waals surface area contributed by atoms with Gasteiger partial charge in [-0.3, -0.25) is 0 Å². The van der Waals surface area contributed by atoms with Crippen LogP contribution < -0.4 is 9.80 Å². The molecule has 0 amide bonds. The fourth-order valence-corrected chi connectivity index (χ4v) is 3.60. The fraction of sp³-hybridized carbons (Fsp3) is 0.278. The molecule has 130 valence electrons. The smallest absolute Gasteiger partial charge is 0.177 e. The summed E-state index contributed by atoms with van der Waals surface area (Å²) < 4.78 is 1.71. The molecule has 1 saturated heterocycles. The second-order valence-electron chi connectivity index (χ2n) is 6.53. The van der Waals surface area contributed by atoms with Crippen LogP contribution in [0.25, 0.3) is 16.6 Å². The minimum atomic E-state index is 0.305. The van der Waals surface area contributed by atoms with E-state index in [1.165, 1.54) is 0 Å². The standard InChI is InChI=1S/C18H18N8/c1-13-10-24(18-14-4-2-3-5-15(14)19-11-20-18)8-9-25(13)17-7-6-16-22-21-12-26(16)23-17/h2-7,11-13H,8-10H2,1H3/t13-/m0/s1. The summed E-state index contributed by atoms with van der Waals surface area (Å²) in [5.74, 6) is 1.95. The second kappa shape index (κ2) is 5.91. The molecule has 3 aromatic heterocycles. The van der Waals surface area contributed by atoms with Crippen LogP contribution in [0.5, 0.6) is 0 Å². The Morgan fingerprint density at radius 2 is 1.96 bits per heavy atom. The van der Waals surface area contributed by atoms with Gasteiger partial charge in [-0.05, 0) is 31.2 Å². The van der Waals surface area contributed by atoms with Gasteiger partial charge in [0.05, 0.1) is 5.52 Å². The maximum absolute atomic E-state index is 4.63. The van der Waals surface area contributed by atoms with Crippen LogP contribution in [-0.2, 0) is 0 Å². The Labute approximate surface area is 150 Å². The van der Waals surface area contributed by atoms with Gasteiger partial charge in [0, 0.05) is 31.1 Å². The Bertz CT molecular complexity index is 1070. The third-order valence-corrected chi connectivity index (χ3v) is 4.89. The van der Waals surface area contributed by atoms with Gasteiger partial charge in [0.15, 0.2) is 5.65 Å². The van der Waals surface area contributed by atoms with Crippen molar-refractivity contribution in [3.05, 3.63) is 49.1 Å². The topological polar surface area (TPSA) is 75.3 Å². The van der Waals surface area contributed by atoms with Gasteiger partial charge in [0.2, 0.25) is 0 Å². The molecule has 0 radical (unpaired) electrons. The number of fused-ring (bicyclic) bond motifs is 2. The van der Waals surface area contributed by atoms with Crippen LogP contribution >= 0.6 is 0 Å². The predicted molar refractivity (Wildman–Crippen MR) is 99.3 cm³/mol. The molecule has 4 heterocycles. The molecule has 0 aliphatic carbocycles. The van der Waals surface area contributed by atoms with E-state index in [9.17, 15) is 0 Å². The molecule has 8 nitrogen and oxygen atoms in total. The number of para-hydroxylation sites is 1. The van der Waals surface area contributed by atoms with Crippen molar-refractivity contribution in [1.82, 2.24) is 29.8 Å². The minimum Gasteiger partial charge on any atom is -0.352 e. The zero-order valence-corrected chi connectivity index (χ0v) is 14.4. The van der Waals surface area contributed by atoms with E-state index in [1.807, 2.05) is 30.3 Å². The summed E-state index contributed by atoms with van der Waals surface area (Å²) in [7, 11) is 0. The van der Waals surface area contributed by atoms with Crippen molar-refractivity contribution in [1.29, 1.82) is 0 Å². The molecule has 26 heavy (non-hydrogen) atoms. The fourth-order valence-electron chi connectivity index (χ4n) is 3.60. The lowest BCUT2D eigenvalue weighted by Gasteiger charge is -2.41. The SMILES string of the molecule is C[C@H]1CN(c2ncnc3ccccc23)CCN1c1ccc2nncn2n1. The molecule has 0 saturated carbocycles. The first kappa shape index (κ1) is 15.0. The van der Waals surface area contributed by atoms with Gasteiger partial charge < -0.3 is 9.80 Å². The highest BCUT2D eigenvalue weighted by Gasteiger charge is 2.26. The number of anilines is 2. The predicted octanol–water partition coefficient (Wildman–Crippen LogP) is 1.78. The third-order valence-electron chi connectivity index (χ3n) is 4.89. The van der Waals surface area contributed by atoms with Crippen LogP contribution in [0.1, 0.15) is 6.92 Å². The van der Waals surface area contributed by atoms with Crippen LogP contribution in [-0.4, -0.2) is 55.5 Å². The van der Waals surface area contributed by atoms with E-state index in [0.717, 1.165) is 47.8 Å². The van der Waals surface area contributed by atoms with Gasteiger partial charge in [-0.1, -0.05) is 12.1 Å². The molecule has 1 aliphatic rings. The molecule has 0 unspecified atom stereocenters. The molecule has 0 spiro atoms. The minimum absolute atomic E-state index is 0.305.